The van der Waals surface area contributed by atoms with Crippen molar-refractivity contribution >= 4 is 21.6 Å². The lowest BCUT2D eigenvalue weighted by atomic mass is 10.1. The molecule has 2 aromatic rings. The fourth-order valence-electron chi connectivity index (χ4n) is 1.76. The fraction of sp³-hybridized carbons (Fsp3) is 0.214. The molecule has 0 fully saturated rings. The Kier molecular flexibility index (Phi) is 4.09. The van der Waals surface area contributed by atoms with E-state index in [1.165, 1.54) is 6.07 Å². The van der Waals surface area contributed by atoms with E-state index >= 15 is 0 Å². The molecule has 0 bridgehead atoms. The molecule has 0 saturated heterocycles. The van der Waals surface area contributed by atoms with Crippen LogP contribution in [0.15, 0.2) is 47.4 Å². The number of nitrogens with zero attached hydrogens (tertiary/aromatic N) is 1. The Morgan fingerprint density at radius 3 is 2.40 bits per heavy atom. The molecule has 0 N–H and O–H groups in total. The number of rotatable bonds is 3. The first-order valence-corrected chi connectivity index (χ1v) is 7.07. The van der Waals surface area contributed by atoms with Crippen molar-refractivity contribution in [1.82, 2.24) is 0 Å². The topological polar surface area (TPSA) is 40.9 Å². The number of halogens is 3. The molecular weight excluding hydrogens is 287 g/mol. The van der Waals surface area contributed by atoms with Gasteiger partial charge in [0.15, 0.2) is 5.92 Å². The Morgan fingerprint density at radius 1 is 1.15 bits per heavy atom. The quantitative estimate of drug-likeness (QED) is 0.867. The van der Waals surface area contributed by atoms with Crippen LogP contribution in [-0.2, 0) is 10.8 Å². The highest BCUT2D eigenvalue weighted by atomic mass is 32.2. The standard InChI is InChI=1S/C14H10F3NOS/c15-14(16,17)12(8-18)9-20(19)13-6-5-10-3-1-2-4-11(10)7-13/h1-7,12H,9H2. The highest BCUT2D eigenvalue weighted by Crippen LogP contribution is 2.28. The third-order valence-electron chi connectivity index (χ3n) is 2.85. The average molecular weight is 297 g/mol. The van der Waals surface area contributed by atoms with Crippen LogP contribution in [0.3, 0.4) is 0 Å². The molecule has 0 amide bonds. The van der Waals surface area contributed by atoms with Gasteiger partial charge in [0.25, 0.3) is 0 Å². The van der Waals surface area contributed by atoms with E-state index in [1.54, 1.807) is 24.3 Å². The number of alkyl halides is 3. The Morgan fingerprint density at radius 2 is 1.80 bits per heavy atom. The first-order chi connectivity index (χ1) is 9.41. The maximum absolute atomic E-state index is 12.5. The van der Waals surface area contributed by atoms with Gasteiger partial charge in [-0.3, -0.25) is 4.21 Å². The summed E-state index contributed by atoms with van der Waals surface area (Å²) < 4.78 is 49.4. The van der Waals surface area contributed by atoms with Crippen molar-refractivity contribution < 1.29 is 17.4 Å². The Balaban J connectivity index is 2.26. The summed E-state index contributed by atoms with van der Waals surface area (Å²) in [4.78, 5) is 0.299. The Bertz CT molecular complexity index is 691. The minimum absolute atomic E-state index is 0.299. The molecular formula is C14H10F3NOS. The molecule has 0 aliphatic rings. The maximum Gasteiger partial charge on any atom is 0.405 e. The molecule has 2 nitrogen and oxygen atoms in total. The molecule has 0 radical (unpaired) electrons. The van der Waals surface area contributed by atoms with Crippen molar-refractivity contribution in [3.8, 4) is 6.07 Å². The van der Waals surface area contributed by atoms with E-state index < -0.39 is 28.6 Å². The van der Waals surface area contributed by atoms with Gasteiger partial charge in [0.05, 0.1) is 22.6 Å². The van der Waals surface area contributed by atoms with Crippen molar-refractivity contribution in [2.75, 3.05) is 5.75 Å². The van der Waals surface area contributed by atoms with Crippen molar-refractivity contribution in [2.24, 2.45) is 5.92 Å². The lowest BCUT2D eigenvalue weighted by Crippen LogP contribution is -2.26. The van der Waals surface area contributed by atoms with Gasteiger partial charge in [-0.05, 0) is 22.9 Å². The third kappa shape index (κ3) is 3.17. The number of fused-ring (bicyclic) bond motifs is 1. The zero-order chi connectivity index (χ0) is 14.8. The van der Waals surface area contributed by atoms with Gasteiger partial charge in [-0.1, -0.05) is 30.3 Å². The summed E-state index contributed by atoms with van der Waals surface area (Å²) in [5.74, 6) is -2.95. The monoisotopic (exact) mass is 297 g/mol. The Labute approximate surface area is 116 Å². The molecule has 0 heterocycles. The van der Waals surface area contributed by atoms with Crippen LogP contribution in [0.4, 0.5) is 13.2 Å². The van der Waals surface area contributed by atoms with Crippen LogP contribution < -0.4 is 0 Å². The smallest absolute Gasteiger partial charge is 0.254 e. The molecule has 2 rings (SSSR count). The van der Waals surface area contributed by atoms with Crippen molar-refractivity contribution in [2.45, 2.75) is 11.1 Å². The van der Waals surface area contributed by atoms with E-state index in [-0.39, 0.29) is 0 Å². The van der Waals surface area contributed by atoms with Crippen LogP contribution >= 0.6 is 0 Å². The molecule has 2 atom stereocenters. The van der Waals surface area contributed by atoms with Gasteiger partial charge in [-0.25, -0.2) is 0 Å². The molecule has 2 unspecified atom stereocenters. The maximum atomic E-state index is 12.5. The average Bonchev–Trinajstić information content (AvgIpc) is 2.42. The summed E-state index contributed by atoms with van der Waals surface area (Å²) in [7, 11) is -1.86. The number of hydrogen-bond donors (Lipinski definition) is 0. The summed E-state index contributed by atoms with van der Waals surface area (Å²) in [6.07, 6.45) is -4.65. The largest absolute Gasteiger partial charge is 0.405 e. The lowest BCUT2D eigenvalue weighted by Gasteiger charge is -2.12. The predicted octanol–water partition coefficient (Wildman–Crippen LogP) is 3.65. The van der Waals surface area contributed by atoms with Crippen molar-refractivity contribution in [3.05, 3.63) is 42.5 Å². The summed E-state index contributed by atoms with van der Waals surface area (Å²) in [6.45, 7) is 0. The van der Waals surface area contributed by atoms with E-state index in [0.29, 0.717) is 4.90 Å². The molecule has 104 valence electrons. The molecule has 0 aliphatic heterocycles. The van der Waals surface area contributed by atoms with Gasteiger partial charge in [0, 0.05) is 4.90 Å². The van der Waals surface area contributed by atoms with Crippen LogP contribution in [0.25, 0.3) is 10.8 Å². The van der Waals surface area contributed by atoms with Crippen molar-refractivity contribution in [3.63, 3.8) is 0 Å². The zero-order valence-electron chi connectivity index (χ0n) is 10.2. The van der Waals surface area contributed by atoms with Gasteiger partial charge in [-0.2, -0.15) is 18.4 Å². The summed E-state index contributed by atoms with van der Waals surface area (Å²) >= 11 is 0. The van der Waals surface area contributed by atoms with Gasteiger partial charge in [0.1, 0.15) is 0 Å². The van der Waals surface area contributed by atoms with Crippen LogP contribution in [0.5, 0.6) is 0 Å². The molecule has 20 heavy (non-hydrogen) atoms. The second-order valence-corrected chi connectivity index (χ2v) is 5.74. The predicted molar refractivity (Wildman–Crippen MR) is 70.4 cm³/mol. The number of nitriles is 1. The number of benzene rings is 2. The molecule has 0 spiro atoms. The second kappa shape index (κ2) is 5.63. The first-order valence-electron chi connectivity index (χ1n) is 5.75. The van der Waals surface area contributed by atoms with Gasteiger partial charge >= 0.3 is 6.18 Å². The van der Waals surface area contributed by atoms with E-state index in [1.807, 2.05) is 12.1 Å². The van der Waals surface area contributed by atoms with E-state index in [0.717, 1.165) is 16.8 Å². The first kappa shape index (κ1) is 14.5. The Hall–Kier alpha value is -1.87. The third-order valence-corrected chi connectivity index (χ3v) is 4.27. The van der Waals surface area contributed by atoms with Gasteiger partial charge < -0.3 is 0 Å². The molecule has 0 aliphatic carbocycles. The number of hydrogen-bond acceptors (Lipinski definition) is 2. The van der Waals surface area contributed by atoms with Crippen molar-refractivity contribution in [1.29, 1.82) is 5.26 Å². The summed E-state index contributed by atoms with van der Waals surface area (Å²) in [5.41, 5.74) is 0. The minimum Gasteiger partial charge on any atom is -0.254 e. The summed E-state index contributed by atoms with van der Waals surface area (Å²) in [6, 6.07) is 13.3. The fourth-order valence-corrected chi connectivity index (χ4v) is 3.00. The molecule has 2 aromatic carbocycles. The van der Waals surface area contributed by atoms with Crippen LogP contribution in [0.1, 0.15) is 0 Å². The van der Waals surface area contributed by atoms with Gasteiger partial charge in [0.2, 0.25) is 0 Å². The zero-order valence-corrected chi connectivity index (χ0v) is 11.0. The highest BCUT2D eigenvalue weighted by molar-refractivity contribution is 7.85. The minimum atomic E-state index is -4.65. The van der Waals surface area contributed by atoms with Crippen LogP contribution in [0.2, 0.25) is 0 Å². The van der Waals surface area contributed by atoms with Crippen LogP contribution in [-0.4, -0.2) is 16.1 Å². The molecule has 6 heteroatoms. The SMILES string of the molecule is N#CC(CS(=O)c1ccc2ccccc2c1)C(F)(F)F. The highest BCUT2D eigenvalue weighted by Gasteiger charge is 2.41. The normalized spacial score (nSPS) is 14.7. The molecule has 0 aromatic heterocycles. The molecule has 0 saturated carbocycles. The van der Waals surface area contributed by atoms with E-state index in [4.69, 9.17) is 5.26 Å². The second-order valence-electron chi connectivity index (χ2n) is 4.24. The van der Waals surface area contributed by atoms with E-state index in [2.05, 4.69) is 0 Å². The van der Waals surface area contributed by atoms with Gasteiger partial charge in [-0.15, -0.1) is 0 Å². The van der Waals surface area contributed by atoms with E-state index in [9.17, 15) is 17.4 Å². The lowest BCUT2D eigenvalue weighted by molar-refractivity contribution is -0.153. The van der Waals surface area contributed by atoms with Crippen LogP contribution in [0, 0.1) is 17.2 Å². The summed E-state index contributed by atoms with van der Waals surface area (Å²) in [5, 5.41) is 10.2.